The average molecular weight is 412 g/mol. The topological polar surface area (TPSA) is 71.9 Å². The van der Waals surface area contributed by atoms with Crippen molar-refractivity contribution < 1.29 is 14.4 Å². The van der Waals surface area contributed by atoms with Gasteiger partial charge in [0.05, 0.1) is 5.71 Å². The highest BCUT2D eigenvalue weighted by Crippen LogP contribution is 2.25. The third kappa shape index (κ3) is 4.48. The van der Waals surface area contributed by atoms with Crippen LogP contribution in [-0.4, -0.2) is 46.5 Å². The van der Waals surface area contributed by atoms with Crippen molar-refractivity contribution in [2.75, 3.05) is 13.1 Å². The van der Waals surface area contributed by atoms with Crippen LogP contribution < -0.4 is 0 Å². The number of pyridine rings is 1. The second kappa shape index (κ2) is 8.74. The van der Waals surface area contributed by atoms with Crippen molar-refractivity contribution in [2.24, 2.45) is 11.1 Å². The van der Waals surface area contributed by atoms with E-state index in [1.54, 1.807) is 29.4 Å². The molecule has 2 unspecified atom stereocenters. The summed E-state index contributed by atoms with van der Waals surface area (Å²) < 4.78 is 0. The van der Waals surface area contributed by atoms with Gasteiger partial charge in [0.2, 0.25) is 6.10 Å². The lowest BCUT2D eigenvalue weighted by Gasteiger charge is -2.33. The molecule has 0 bridgehead atoms. The number of piperidine rings is 1. The molecule has 4 rings (SSSR count). The number of halogens is 1. The maximum atomic E-state index is 12.9. The molecule has 1 aromatic carbocycles. The van der Waals surface area contributed by atoms with Crippen LogP contribution in [0.2, 0.25) is 5.02 Å². The Labute approximate surface area is 174 Å². The molecule has 0 N–H and O–H groups in total. The van der Waals surface area contributed by atoms with E-state index in [0.717, 1.165) is 24.1 Å². The first-order valence-corrected chi connectivity index (χ1v) is 10.2. The van der Waals surface area contributed by atoms with E-state index in [9.17, 15) is 9.59 Å². The van der Waals surface area contributed by atoms with Crippen LogP contribution >= 0.6 is 11.6 Å². The highest BCUT2D eigenvalue weighted by atomic mass is 35.5. The van der Waals surface area contributed by atoms with E-state index in [0.29, 0.717) is 36.5 Å². The number of carbonyl (C=O) groups excluding carboxylic acids is 2. The van der Waals surface area contributed by atoms with Crippen LogP contribution in [0.4, 0.5) is 0 Å². The molecule has 150 valence electrons. The van der Waals surface area contributed by atoms with Gasteiger partial charge in [-0.05, 0) is 36.6 Å². The quantitative estimate of drug-likeness (QED) is 0.705. The van der Waals surface area contributed by atoms with Crippen molar-refractivity contribution in [3.05, 3.63) is 64.9 Å². The number of oxime groups is 1. The van der Waals surface area contributed by atoms with Crippen molar-refractivity contribution in [2.45, 2.75) is 31.8 Å². The number of carbonyl (C=O) groups is 2. The number of hydrogen-bond donors (Lipinski definition) is 0. The van der Waals surface area contributed by atoms with Crippen LogP contribution in [0.25, 0.3) is 0 Å². The fourth-order valence-corrected chi connectivity index (χ4v) is 4.07. The minimum atomic E-state index is -0.625. The van der Waals surface area contributed by atoms with E-state index in [4.69, 9.17) is 16.4 Å². The number of hydrogen-bond acceptors (Lipinski definition) is 5. The molecule has 3 heterocycles. The van der Waals surface area contributed by atoms with Crippen molar-refractivity contribution >= 4 is 29.0 Å². The molecule has 7 heteroatoms. The van der Waals surface area contributed by atoms with Crippen molar-refractivity contribution in [1.82, 2.24) is 9.88 Å². The van der Waals surface area contributed by atoms with Gasteiger partial charge in [-0.2, -0.15) is 0 Å². The van der Waals surface area contributed by atoms with E-state index in [2.05, 4.69) is 10.1 Å². The molecule has 1 saturated heterocycles. The predicted octanol–water partition coefficient (Wildman–Crippen LogP) is 3.54. The molecule has 29 heavy (non-hydrogen) atoms. The summed E-state index contributed by atoms with van der Waals surface area (Å²) in [5.41, 5.74) is 2.36. The normalized spacial score (nSPS) is 21.4. The largest absolute Gasteiger partial charge is 0.382 e. The van der Waals surface area contributed by atoms with Crippen molar-refractivity contribution in [3.8, 4) is 0 Å². The molecule has 2 aliphatic rings. The smallest absolute Gasteiger partial charge is 0.266 e. The highest BCUT2D eigenvalue weighted by Gasteiger charge is 2.36. The van der Waals surface area contributed by atoms with Crippen LogP contribution in [0.3, 0.4) is 0 Å². The van der Waals surface area contributed by atoms with Gasteiger partial charge in [0.1, 0.15) is 0 Å². The molecular weight excluding hydrogens is 390 g/mol. The van der Waals surface area contributed by atoms with Gasteiger partial charge in [0.25, 0.3) is 5.91 Å². The number of nitrogens with zero attached hydrogens (tertiary/aromatic N) is 3. The zero-order chi connectivity index (χ0) is 20.2. The number of aromatic nitrogens is 1. The monoisotopic (exact) mass is 411 g/mol. The van der Waals surface area contributed by atoms with Gasteiger partial charge in [-0.1, -0.05) is 35.0 Å². The molecule has 1 aromatic heterocycles. The first-order valence-electron chi connectivity index (χ1n) is 9.80. The minimum absolute atomic E-state index is 0.0404. The zero-order valence-electron chi connectivity index (χ0n) is 16.0. The maximum absolute atomic E-state index is 12.9. The van der Waals surface area contributed by atoms with Gasteiger partial charge in [0.15, 0.2) is 5.78 Å². The van der Waals surface area contributed by atoms with Gasteiger partial charge in [-0.25, -0.2) is 0 Å². The molecule has 0 radical (unpaired) electrons. The molecule has 1 fully saturated rings. The van der Waals surface area contributed by atoms with E-state index in [1.807, 2.05) is 24.3 Å². The summed E-state index contributed by atoms with van der Waals surface area (Å²) in [6.07, 6.45) is 5.18. The summed E-state index contributed by atoms with van der Waals surface area (Å²) in [6.45, 7) is 1.04. The molecule has 0 spiro atoms. The van der Waals surface area contributed by atoms with E-state index in [1.165, 1.54) is 0 Å². The first-order chi connectivity index (χ1) is 14.1. The lowest BCUT2D eigenvalue weighted by molar-refractivity contribution is -0.143. The van der Waals surface area contributed by atoms with Gasteiger partial charge in [0, 0.05) is 54.8 Å². The fourth-order valence-electron chi connectivity index (χ4n) is 3.86. The third-order valence-corrected chi connectivity index (χ3v) is 5.78. The molecule has 6 nitrogen and oxygen atoms in total. The Kier molecular flexibility index (Phi) is 5.90. The maximum Gasteiger partial charge on any atom is 0.266 e. The van der Waals surface area contributed by atoms with Crippen LogP contribution in [0.5, 0.6) is 0 Å². The number of amides is 1. The SMILES string of the molecule is O=C(c1cccnc1)C1CCCN(C(=O)C2CC(Cc3ccccc3Cl)=NO2)C1. The number of rotatable bonds is 5. The van der Waals surface area contributed by atoms with Crippen LogP contribution in [0.15, 0.2) is 53.9 Å². The highest BCUT2D eigenvalue weighted by molar-refractivity contribution is 6.31. The van der Waals surface area contributed by atoms with Gasteiger partial charge in [-0.3, -0.25) is 14.6 Å². The van der Waals surface area contributed by atoms with Gasteiger partial charge >= 0.3 is 0 Å². The summed E-state index contributed by atoms with van der Waals surface area (Å²) in [6, 6.07) is 11.1. The van der Waals surface area contributed by atoms with Crippen molar-refractivity contribution in [3.63, 3.8) is 0 Å². The molecular formula is C22H22ClN3O3. The van der Waals surface area contributed by atoms with E-state index < -0.39 is 6.10 Å². The average Bonchev–Trinajstić information content (AvgIpc) is 3.23. The lowest BCUT2D eigenvalue weighted by atomic mass is 9.90. The van der Waals surface area contributed by atoms with E-state index >= 15 is 0 Å². The molecule has 1 amide bonds. The second-order valence-corrected chi connectivity index (χ2v) is 7.86. The van der Waals surface area contributed by atoms with Crippen molar-refractivity contribution in [1.29, 1.82) is 0 Å². The van der Waals surface area contributed by atoms with Gasteiger partial charge in [-0.15, -0.1) is 0 Å². The predicted molar refractivity (Wildman–Crippen MR) is 110 cm³/mol. The number of Topliss-reactive ketones (excluding diaryl/α,β-unsaturated/α-hetero) is 1. The summed E-state index contributed by atoms with van der Waals surface area (Å²) >= 11 is 6.21. The second-order valence-electron chi connectivity index (χ2n) is 7.45. The Balaban J connectivity index is 1.35. The zero-order valence-corrected chi connectivity index (χ0v) is 16.7. The summed E-state index contributed by atoms with van der Waals surface area (Å²) in [4.78, 5) is 36.9. The lowest BCUT2D eigenvalue weighted by Crippen LogP contribution is -2.46. The Bertz CT molecular complexity index is 932. The van der Waals surface area contributed by atoms with E-state index in [-0.39, 0.29) is 17.6 Å². The Morgan fingerprint density at radius 2 is 2.07 bits per heavy atom. The number of likely N-dealkylation sites (tertiary alicyclic amines) is 1. The van der Waals surface area contributed by atoms with Crippen LogP contribution in [0, 0.1) is 5.92 Å². The molecule has 2 aromatic rings. The molecule has 2 aliphatic heterocycles. The van der Waals surface area contributed by atoms with Crippen LogP contribution in [0.1, 0.15) is 35.2 Å². The third-order valence-electron chi connectivity index (χ3n) is 5.41. The Morgan fingerprint density at radius 1 is 1.21 bits per heavy atom. The molecule has 0 aliphatic carbocycles. The Hall–Kier alpha value is -2.73. The first kappa shape index (κ1) is 19.6. The van der Waals surface area contributed by atoms with Gasteiger partial charge < -0.3 is 9.74 Å². The number of benzene rings is 1. The summed E-state index contributed by atoms with van der Waals surface area (Å²) in [5.74, 6) is -0.271. The minimum Gasteiger partial charge on any atom is -0.382 e. The standard InChI is InChI=1S/C22H22ClN3O3/c23-19-8-2-1-5-15(19)11-18-12-20(29-25-18)22(28)26-10-4-7-17(14-26)21(27)16-6-3-9-24-13-16/h1-3,5-6,8-9,13,17,20H,4,7,10-12,14H2. The number of ketones is 1. The fraction of sp³-hybridized carbons (Fsp3) is 0.364. The summed E-state index contributed by atoms with van der Waals surface area (Å²) in [7, 11) is 0. The van der Waals surface area contributed by atoms with Crippen LogP contribution in [-0.2, 0) is 16.1 Å². The molecule has 0 saturated carbocycles. The Morgan fingerprint density at radius 3 is 2.86 bits per heavy atom. The summed E-state index contributed by atoms with van der Waals surface area (Å²) in [5, 5.41) is 4.78. The molecule has 2 atom stereocenters.